The minimum atomic E-state index is -3.80. The number of sulfonamides is 1. The molecule has 2 aromatic carbocycles. The lowest BCUT2D eigenvalue weighted by Gasteiger charge is -2.18. The first kappa shape index (κ1) is 21.7. The molecule has 1 unspecified atom stereocenters. The van der Waals surface area contributed by atoms with E-state index in [0.29, 0.717) is 0 Å². The number of para-hydroxylation sites is 1. The van der Waals surface area contributed by atoms with Gasteiger partial charge in [-0.3, -0.25) is 9.59 Å². The van der Waals surface area contributed by atoms with Crippen LogP contribution in [0.25, 0.3) is 0 Å². The third-order valence-corrected chi connectivity index (χ3v) is 6.67. The van der Waals surface area contributed by atoms with Crippen LogP contribution in [0.3, 0.4) is 0 Å². The Labute approximate surface area is 174 Å². The van der Waals surface area contributed by atoms with Crippen LogP contribution in [0, 0.1) is 11.7 Å². The Hall–Kier alpha value is -2.98. The smallest absolute Gasteiger partial charge is 0.246 e. The Morgan fingerprint density at radius 2 is 1.93 bits per heavy atom. The maximum absolute atomic E-state index is 14.0. The number of rotatable bonds is 6. The van der Waals surface area contributed by atoms with E-state index in [2.05, 4.69) is 5.32 Å². The second-order valence-corrected chi connectivity index (χ2v) is 9.12. The summed E-state index contributed by atoms with van der Waals surface area (Å²) >= 11 is 0. The van der Waals surface area contributed by atoms with Crippen LogP contribution in [-0.2, 0) is 19.6 Å². The first-order valence-electron chi connectivity index (χ1n) is 9.11. The zero-order valence-corrected chi connectivity index (χ0v) is 17.6. The predicted molar refractivity (Wildman–Crippen MR) is 109 cm³/mol. The molecule has 8 nitrogen and oxygen atoms in total. The fourth-order valence-electron chi connectivity index (χ4n) is 3.18. The van der Waals surface area contributed by atoms with E-state index in [-0.39, 0.29) is 40.9 Å². The third kappa shape index (κ3) is 4.14. The minimum absolute atomic E-state index is 0.0323. The van der Waals surface area contributed by atoms with Crippen LogP contribution in [0.15, 0.2) is 47.4 Å². The number of carbonyl (C=O) groups excluding carboxylic acids is 2. The molecule has 0 saturated carbocycles. The van der Waals surface area contributed by atoms with E-state index in [9.17, 15) is 22.4 Å². The van der Waals surface area contributed by atoms with Gasteiger partial charge in [-0.1, -0.05) is 12.1 Å². The second-order valence-electron chi connectivity index (χ2n) is 7.00. The molecule has 0 spiro atoms. The summed E-state index contributed by atoms with van der Waals surface area (Å²) in [6, 6.07) is 10.1. The van der Waals surface area contributed by atoms with Crippen LogP contribution in [-0.4, -0.2) is 52.3 Å². The van der Waals surface area contributed by atoms with Gasteiger partial charge in [0.1, 0.15) is 16.5 Å². The summed E-state index contributed by atoms with van der Waals surface area (Å²) in [7, 11) is 0.329. The number of ether oxygens (including phenoxy) is 1. The lowest BCUT2D eigenvalue weighted by molar-refractivity contribution is -0.122. The van der Waals surface area contributed by atoms with Gasteiger partial charge in [0.05, 0.1) is 18.7 Å². The number of hydrogen-bond acceptors (Lipinski definition) is 5. The van der Waals surface area contributed by atoms with Crippen molar-refractivity contribution in [2.75, 3.05) is 38.0 Å². The van der Waals surface area contributed by atoms with Gasteiger partial charge in [0.25, 0.3) is 0 Å². The van der Waals surface area contributed by atoms with E-state index in [1.165, 1.54) is 62.5 Å². The molecular weight excluding hydrogens is 413 g/mol. The highest BCUT2D eigenvalue weighted by Gasteiger charge is 2.36. The Balaban J connectivity index is 1.80. The van der Waals surface area contributed by atoms with Crippen LogP contribution in [0.1, 0.15) is 6.42 Å². The summed E-state index contributed by atoms with van der Waals surface area (Å²) in [4.78, 5) is 26.2. The van der Waals surface area contributed by atoms with Crippen LogP contribution in [0.4, 0.5) is 15.8 Å². The first-order chi connectivity index (χ1) is 14.1. The molecule has 2 amide bonds. The fraction of sp³-hybridized carbons (Fsp3) is 0.300. The van der Waals surface area contributed by atoms with Gasteiger partial charge >= 0.3 is 0 Å². The highest BCUT2D eigenvalue weighted by Crippen LogP contribution is 2.31. The van der Waals surface area contributed by atoms with Crippen molar-refractivity contribution in [2.24, 2.45) is 5.92 Å². The van der Waals surface area contributed by atoms with E-state index in [0.717, 1.165) is 4.31 Å². The topological polar surface area (TPSA) is 96.0 Å². The van der Waals surface area contributed by atoms with Gasteiger partial charge in [-0.05, 0) is 30.3 Å². The zero-order valence-electron chi connectivity index (χ0n) is 16.8. The molecule has 0 bridgehead atoms. The van der Waals surface area contributed by atoms with Crippen LogP contribution in [0.5, 0.6) is 5.75 Å². The predicted octanol–water partition coefficient (Wildman–Crippen LogP) is 2.08. The number of methoxy groups -OCH3 is 1. The fourth-order valence-corrected chi connectivity index (χ4v) is 4.26. The van der Waals surface area contributed by atoms with Gasteiger partial charge < -0.3 is 15.0 Å². The molecule has 1 aliphatic rings. The number of halogens is 1. The molecule has 1 saturated heterocycles. The number of benzene rings is 2. The number of anilines is 2. The monoisotopic (exact) mass is 435 g/mol. The molecular formula is C20H22FN3O5S. The van der Waals surface area contributed by atoms with Crippen LogP contribution < -0.4 is 15.0 Å². The molecule has 1 fully saturated rings. The normalized spacial score (nSPS) is 16.8. The summed E-state index contributed by atoms with van der Waals surface area (Å²) in [6.45, 7) is 0.0323. The Kier molecular flexibility index (Phi) is 6.09. The van der Waals surface area contributed by atoms with Gasteiger partial charge in [0.15, 0.2) is 0 Å². The number of nitrogens with one attached hydrogen (secondary N) is 1. The average Bonchev–Trinajstić information content (AvgIpc) is 3.09. The van der Waals surface area contributed by atoms with E-state index >= 15 is 0 Å². The third-order valence-electron chi connectivity index (χ3n) is 4.83. The van der Waals surface area contributed by atoms with Crippen molar-refractivity contribution < 1.29 is 27.1 Å². The number of hydrogen-bond donors (Lipinski definition) is 1. The van der Waals surface area contributed by atoms with Crippen molar-refractivity contribution in [3.8, 4) is 5.75 Å². The zero-order chi connectivity index (χ0) is 22.1. The molecule has 30 heavy (non-hydrogen) atoms. The van der Waals surface area contributed by atoms with E-state index in [1.807, 2.05) is 0 Å². The number of nitrogens with zero attached hydrogens (tertiary/aromatic N) is 2. The standard InChI is InChI=1S/C20H22FN3O5S/c1-23(2)30(27,28)18-11-14(8-9-17(18)29-3)22-20(26)13-10-19(25)24(12-13)16-7-5-4-6-15(16)21/h4-9,11,13H,10,12H2,1-3H3,(H,22,26). The maximum atomic E-state index is 14.0. The summed E-state index contributed by atoms with van der Waals surface area (Å²) in [5.74, 6) is -1.91. The van der Waals surface area contributed by atoms with Crippen molar-refractivity contribution in [1.29, 1.82) is 0 Å². The van der Waals surface area contributed by atoms with Crippen molar-refractivity contribution in [3.63, 3.8) is 0 Å². The van der Waals surface area contributed by atoms with Gasteiger partial charge in [-0.2, -0.15) is 0 Å². The quantitative estimate of drug-likeness (QED) is 0.750. The molecule has 1 aliphatic heterocycles. The Morgan fingerprint density at radius 3 is 2.57 bits per heavy atom. The summed E-state index contributed by atoms with van der Waals surface area (Å²) in [5.41, 5.74) is 0.375. The van der Waals surface area contributed by atoms with Gasteiger partial charge in [-0.15, -0.1) is 0 Å². The van der Waals surface area contributed by atoms with E-state index < -0.39 is 27.7 Å². The second kappa shape index (κ2) is 8.41. The van der Waals surface area contributed by atoms with Crippen LogP contribution >= 0.6 is 0 Å². The van der Waals surface area contributed by atoms with Gasteiger partial charge in [-0.25, -0.2) is 17.1 Å². The molecule has 2 aromatic rings. The van der Waals surface area contributed by atoms with Gasteiger partial charge in [0.2, 0.25) is 21.8 Å². The SMILES string of the molecule is COc1ccc(NC(=O)C2CC(=O)N(c3ccccc3F)C2)cc1S(=O)(=O)N(C)C. The molecule has 0 aliphatic carbocycles. The first-order valence-corrected chi connectivity index (χ1v) is 10.6. The summed E-state index contributed by atoms with van der Waals surface area (Å²) in [6.07, 6.45) is -0.0703. The minimum Gasteiger partial charge on any atom is -0.495 e. The van der Waals surface area contributed by atoms with Crippen molar-refractivity contribution in [3.05, 3.63) is 48.3 Å². The van der Waals surface area contributed by atoms with E-state index in [1.54, 1.807) is 6.07 Å². The lowest BCUT2D eigenvalue weighted by atomic mass is 10.1. The number of amides is 2. The van der Waals surface area contributed by atoms with Crippen molar-refractivity contribution >= 4 is 33.2 Å². The summed E-state index contributed by atoms with van der Waals surface area (Å²) < 4.78 is 45.2. The molecule has 1 atom stereocenters. The molecule has 0 radical (unpaired) electrons. The molecule has 3 rings (SSSR count). The highest BCUT2D eigenvalue weighted by atomic mass is 32.2. The number of carbonyl (C=O) groups is 2. The molecule has 10 heteroatoms. The highest BCUT2D eigenvalue weighted by molar-refractivity contribution is 7.89. The molecule has 1 N–H and O–H groups in total. The van der Waals surface area contributed by atoms with Crippen LogP contribution in [0.2, 0.25) is 0 Å². The van der Waals surface area contributed by atoms with Crippen molar-refractivity contribution in [1.82, 2.24) is 4.31 Å². The molecule has 1 heterocycles. The van der Waals surface area contributed by atoms with Gasteiger partial charge in [0, 0.05) is 32.7 Å². The average molecular weight is 435 g/mol. The summed E-state index contributed by atoms with van der Waals surface area (Å²) in [5, 5.41) is 2.64. The molecule has 0 aromatic heterocycles. The molecule has 160 valence electrons. The Morgan fingerprint density at radius 1 is 1.23 bits per heavy atom. The van der Waals surface area contributed by atoms with E-state index in [4.69, 9.17) is 4.74 Å². The maximum Gasteiger partial charge on any atom is 0.246 e. The Bertz CT molecular complexity index is 1090. The lowest BCUT2D eigenvalue weighted by Crippen LogP contribution is -2.28. The largest absolute Gasteiger partial charge is 0.495 e. The van der Waals surface area contributed by atoms with Crippen molar-refractivity contribution in [2.45, 2.75) is 11.3 Å².